The fourth-order valence-corrected chi connectivity index (χ4v) is 9.10. The second kappa shape index (κ2) is 13.0. The van der Waals surface area contributed by atoms with Crippen LogP contribution in [-0.4, -0.2) is 11.4 Å². The van der Waals surface area contributed by atoms with Crippen LogP contribution in [0.5, 0.6) is 0 Å². The summed E-state index contributed by atoms with van der Waals surface area (Å²) in [5.41, 5.74) is 22.9. The van der Waals surface area contributed by atoms with Gasteiger partial charge in [0.2, 0.25) is 0 Å². The first-order valence-electron chi connectivity index (χ1n) is 19.9. The molecule has 0 atom stereocenters. The van der Waals surface area contributed by atoms with E-state index in [1.165, 1.54) is 66.4 Å². The summed E-state index contributed by atoms with van der Waals surface area (Å²) in [5.74, 6) is 0. The van der Waals surface area contributed by atoms with E-state index in [9.17, 15) is 0 Å². The largest absolute Gasteiger partial charge is 0.245 e. The van der Waals surface area contributed by atoms with Crippen molar-refractivity contribution in [2.45, 2.75) is 39.5 Å². The standard InChI is InChI=1S/C54H40N2/c1-33-29-46-39-21-13-35(14-22-39)9-11-37-17-25-41(26-18-37)48-31-34(2)32-49-42-27-19-38(20-28-42)12-10-36-15-23-40(24-16-36)47(30-33)51(46)55-53-44-7-3-5-43-6-4-8-45(50(43)44)54(53)56-52(48)49/h3-8,13-32H,9-12H2,1-2H3. The van der Waals surface area contributed by atoms with Crippen LogP contribution in [0.3, 0.4) is 0 Å². The summed E-state index contributed by atoms with van der Waals surface area (Å²) < 4.78 is 0. The van der Waals surface area contributed by atoms with Crippen LogP contribution in [0.15, 0.2) is 168 Å². The maximum atomic E-state index is 5.88. The van der Waals surface area contributed by atoms with E-state index in [4.69, 9.17) is 9.98 Å². The third kappa shape index (κ3) is 5.56. The molecule has 2 nitrogen and oxygen atoms in total. The summed E-state index contributed by atoms with van der Waals surface area (Å²) in [6.45, 7) is 4.41. The average molecular weight is 717 g/mol. The Morgan fingerprint density at radius 3 is 0.946 bits per heavy atom. The number of rotatable bonds is 0. The summed E-state index contributed by atoms with van der Waals surface area (Å²) >= 11 is 0. The van der Waals surface area contributed by atoms with Crippen LogP contribution in [0.4, 0.5) is 11.4 Å². The lowest BCUT2D eigenvalue weighted by Crippen LogP contribution is -2.11. The second-order valence-corrected chi connectivity index (χ2v) is 15.8. The third-order valence-corrected chi connectivity index (χ3v) is 12.1. The van der Waals surface area contributed by atoms with Crippen molar-refractivity contribution in [1.29, 1.82) is 0 Å². The van der Waals surface area contributed by atoms with Gasteiger partial charge in [-0.1, -0.05) is 133 Å². The Kier molecular flexibility index (Phi) is 7.60. The lowest BCUT2D eigenvalue weighted by Gasteiger charge is -2.18. The summed E-state index contributed by atoms with van der Waals surface area (Å²) in [7, 11) is 0. The zero-order valence-corrected chi connectivity index (χ0v) is 31.7. The smallest absolute Gasteiger partial charge is 0.0979 e. The lowest BCUT2D eigenvalue weighted by atomic mass is 9.91. The van der Waals surface area contributed by atoms with E-state index in [1.807, 2.05) is 0 Å². The number of aliphatic imine (C=N–C) groups is 2. The monoisotopic (exact) mass is 716 g/mol. The molecule has 7 aliphatic rings. The van der Waals surface area contributed by atoms with Crippen molar-refractivity contribution in [3.8, 4) is 44.5 Å². The Morgan fingerprint density at radius 1 is 0.339 bits per heavy atom. The molecule has 6 aliphatic heterocycles. The van der Waals surface area contributed by atoms with Crippen molar-refractivity contribution >= 4 is 33.6 Å². The van der Waals surface area contributed by atoms with Crippen molar-refractivity contribution in [3.63, 3.8) is 0 Å². The highest BCUT2D eigenvalue weighted by Gasteiger charge is 2.29. The summed E-state index contributed by atoms with van der Waals surface area (Å²) in [6.07, 6.45) is 3.91. The molecule has 0 spiro atoms. The molecular weight excluding hydrogens is 677 g/mol. The fraction of sp³-hybridized carbons (Fsp3) is 0.111. The first kappa shape index (κ1) is 32.8. The predicted octanol–water partition coefficient (Wildman–Crippen LogP) is 13.6. The number of hydrogen-bond acceptors (Lipinski definition) is 2. The minimum atomic E-state index is 0.904. The van der Waals surface area contributed by atoms with E-state index in [0.29, 0.717) is 0 Å². The maximum Gasteiger partial charge on any atom is 0.0979 e. The van der Waals surface area contributed by atoms with E-state index in [2.05, 4.69) is 172 Å². The molecule has 0 unspecified atom stereocenters. The third-order valence-electron chi connectivity index (χ3n) is 12.1. The van der Waals surface area contributed by atoms with Crippen LogP contribution in [-0.2, 0) is 25.7 Å². The Balaban J connectivity index is 1.31. The lowest BCUT2D eigenvalue weighted by molar-refractivity contribution is 0.960. The SMILES string of the molecule is Cc1cc2c3c(c1)-c1ccc(cc1)CCc1ccc(cc1)-c1cc(C)cc(c1N=C1C(=N3)c3cccc4cccc1c34)-c1ccc(cc1)CCc1ccc-2cc1. The Labute approximate surface area is 328 Å². The van der Waals surface area contributed by atoms with Crippen molar-refractivity contribution in [2.75, 3.05) is 0 Å². The zero-order chi connectivity index (χ0) is 37.3. The predicted molar refractivity (Wildman–Crippen MR) is 235 cm³/mol. The first-order valence-corrected chi connectivity index (χ1v) is 19.9. The topological polar surface area (TPSA) is 24.7 Å². The zero-order valence-electron chi connectivity index (χ0n) is 31.7. The van der Waals surface area contributed by atoms with Gasteiger partial charge in [0, 0.05) is 38.8 Å². The van der Waals surface area contributed by atoms with Crippen molar-refractivity contribution < 1.29 is 0 Å². The van der Waals surface area contributed by atoms with Crippen LogP contribution < -0.4 is 0 Å². The van der Waals surface area contributed by atoms with Gasteiger partial charge in [-0.25, -0.2) is 9.98 Å². The molecule has 0 aromatic heterocycles. The molecule has 0 fully saturated rings. The first-order chi connectivity index (χ1) is 27.5. The molecule has 8 aromatic rings. The molecule has 6 heterocycles. The summed E-state index contributed by atoms with van der Waals surface area (Å²) in [6, 6.07) is 59.2. The highest BCUT2D eigenvalue weighted by molar-refractivity contribution is 6.61. The molecule has 1 aliphatic carbocycles. The molecule has 0 radical (unpaired) electrons. The Morgan fingerprint density at radius 2 is 0.643 bits per heavy atom. The molecule has 8 aromatic carbocycles. The van der Waals surface area contributed by atoms with E-state index < -0.39 is 0 Å². The molecule has 266 valence electrons. The van der Waals surface area contributed by atoms with Gasteiger partial charge in [-0.15, -0.1) is 0 Å². The molecule has 10 bridgehead atoms. The van der Waals surface area contributed by atoms with Crippen LogP contribution in [0.1, 0.15) is 44.5 Å². The number of benzene rings is 8. The minimum absolute atomic E-state index is 0.904. The van der Waals surface area contributed by atoms with Gasteiger partial charge in [-0.05, 0) is 125 Å². The van der Waals surface area contributed by atoms with Gasteiger partial charge in [0.05, 0.1) is 22.8 Å². The highest BCUT2D eigenvalue weighted by Crippen LogP contribution is 2.46. The second-order valence-electron chi connectivity index (χ2n) is 15.8. The molecular formula is C54H40N2. The van der Waals surface area contributed by atoms with Crippen LogP contribution in [0.25, 0.3) is 55.3 Å². The van der Waals surface area contributed by atoms with Crippen molar-refractivity contribution in [1.82, 2.24) is 0 Å². The van der Waals surface area contributed by atoms with E-state index >= 15 is 0 Å². The van der Waals surface area contributed by atoms with E-state index in [-0.39, 0.29) is 0 Å². The minimum Gasteiger partial charge on any atom is -0.245 e. The van der Waals surface area contributed by atoms with Gasteiger partial charge in [0.15, 0.2) is 0 Å². The number of nitrogens with zero attached hydrogens (tertiary/aromatic N) is 2. The van der Waals surface area contributed by atoms with Gasteiger partial charge >= 0.3 is 0 Å². The van der Waals surface area contributed by atoms with E-state index in [0.717, 1.165) is 81.9 Å². The quantitative estimate of drug-likeness (QED) is 0.149. The molecule has 0 amide bonds. The van der Waals surface area contributed by atoms with Gasteiger partial charge < -0.3 is 0 Å². The van der Waals surface area contributed by atoms with Gasteiger partial charge in [-0.2, -0.15) is 0 Å². The van der Waals surface area contributed by atoms with Crippen LogP contribution in [0.2, 0.25) is 0 Å². The molecule has 0 saturated carbocycles. The van der Waals surface area contributed by atoms with Crippen LogP contribution >= 0.6 is 0 Å². The number of fused-ring (bicyclic) bond motifs is 4. The average Bonchev–Trinajstić information content (AvgIpc) is 3.53. The van der Waals surface area contributed by atoms with Gasteiger partial charge in [0.1, 0.15) is 0 Å². The van der Waals surface area contributed by atoms with Crippen LogP contribution in [0, 0.1) is 13.8 Å². The summed E-state index contributed by atoms with van der Waals surface area (Å²) in [5, 5.41) is 2.40. The Bertz CT molecular complexity index is 2590. The van der Waals surface area contributed by atoms with Gasteiger partial charge in [-0.3, -0.25) is 0 Å². The Hall–Kier alpha value is -6.64. The molecule has 2 heteroatoms. The molecule has 15 rings (SSSR count). The highest BCUT2D eigenvalue weighted by atomic mass is 14.8. The molecule has 0 N–H and O–H groups in total. The van der Waals surface area contributed by atoms with E-state index in [1.54, 1.807) is 0 Å². The number of hydrogen-bond donors (Lipinski definition) is 0. The number of aryl methyl sites for hydroxylation is 6. The maximum absolute atomic E-state index is 5.88. The molecule has 56 heavy (non-hydrogen) atoms. The van der Waals surface area contributed by atoms with Gasteiger partial charge in [0.25, 0.3) is 0 Å². The molecule has 0 saturated heterocycles. The van der Waals surface area contributed by atoms with Crippen molar-refractivity contribution in [2.24, 2.45) is 9.98 Å². The van der Waals surface area contributed by atoms with Crippen molar-refractivity contribution in [3.05, 3.63) is 202 Å². The summed E-state index contributed by atoms with van der Waals surface area (Å²) in [4.78, 5) is 11.8. The normalized spacial score (nSPS) is 13.8. The fourth-order valence-electron chi connectivity index (χ4n) is 9.10.